The van der Waals surface area contributed by atoms with Crippen LogP contribution < -0.4 is 0 Å². The molecule has 3 rings (SSSR count). The van der Waals surface area contributed by atoms with Crippen molar-refractivity contribution in [3.05, 3.63) is 69.7 Å². The molecule has 1 aliphatic heterocycles. The minimum absolute atomic E-state index is 0.175. The van der Waals surface area contributed by atoms with Crippen LogP contribution in [-0.2, 0) is 16.0 Å². The third kappa shape index (κ3) is 5.68. The Morgan fingerprint density at radius 2 is 1.83 bits per heavy atom. The van der Waals surface area contributed by atoms with Gasteiger partial charge in [-0.2, -0.15) is 0 Å². The van der Waals surface area contributed by atoms with E-state index in [0.29, 0.717) is 34.4 Å². The lowest BCUT2D eigenvalue weighted by Gasteiger charge is -2.28. The molecule has 0 spiro atoms. The summed E-state index contributed by atoms with van der Waals surface area (Å²) < 4.78 is 5.43. The maximum absolute atomic E-state index is 13.4. The van der Waals surface area contributed by atoms with Crippen molar-refractivity contribution >= 4 is 46.8 Å². The quantitative estimate of drug-likeness (QED) is 0.413. The highest BCUT2D eigenvalue weighted by Crippen LogP contribution is 2.34. The number of carbonyl (C=O) groups excluding carboxylic acids is 2. The predicted octanol–water partition coefficient (Wildman–Crippen LogP) is 5.46. The number of esters is 1. The van der Waals surface area contributed by atoms with Gasteiger partial charge in [-0.05, 0) is 30.2 Å². The summed E-state index contributed by atoms with van der Waals surface area (Å²) in [4.78, 5) is 27.7. The van der Waals surface area contributed by atoms with Gasteiger partial charge >= 0.3 is 5.97 Å². The van der Waals surface area contributed by atoms with Crippen LogP contribution in [0.25, 0.3) is 0 Å². The summed E-state index contributed by atoms with van der Waals surface area (Å²) in [6, 6.07) is 14.0. The van der Waals surface area contributed by atoms with Gasteiger partial charge in [-0.3, -0.25) is 4.79 Å². The molecule has 0 radical (unpaired) electrons. The van der Waals surface area contributed by atoms with E-state index in [0.717, 1.165) is 18.4 Å². The van der Waals surface area contributed by atoms with E-state index in [4.69, 9.17) is 27.9 Å². The number of amides is 1. The highest BCUT2D eigenvalue weighted by Gasteiger charge is 2.42. The molecule has 2 atom stereocenters. The van der Waals surface area contributed by atoms with Gasteiger partial charge in [0, 0.05) is 27.8 Å². The van der Waals surface area contributed by atoms with Gasteiger partial charge in [0.2, 0.25) is 0 Å². The molecule has 0 bridgehead atoms. The minimum atomic E-state index is -0.629. The first-order chi connectivity index (χ1) is 14.0. The van der Waals surface area contributed by atoms with E-state index in [2.05, 4.69) is 0 Å². The van der Waals surface area contributed by atoms with E-state index in [9.17, 15) is 9.59 Å². The number of rotatable bonds is 7. The summed E-state index contributed by atoms with van der Waals surface area (Å²) in [5.41, 5.74) is 1.47. The van der Waals surface area contributed by atoms with Gasteiger partial charge in [0.25, 0.3) is 5.91 Å². The summed E-state index contributed by atoms with van der Waals surface area (Å²) >= 11 is 13.8. The van der Waals surface area contributed by atoms with Crippen molar-refractivity contribution in [2.24, 2.45) is 0 Å². The van der Waals surface area contributed by atoms with Crippen LogP contribution in [0.4, 0.5) is 0 Å². The van der Waals surface area contributed by atoms with Gasteiger partial charge in [-0.15, -0.1) is 11.8 Å². The lowest BCUT2D eigenvalue weighted by molar-refractivity contribution is -0.148. The second kappa shape index (κ2) is 10.4. The Morgan fingerprint density at radius 1 is 1.14 bits per heavy atom. The smallest absolute Gasteiger partial charge is 0.329 e. The van der Waals surface area contributed by atoms with E-state index < -0.39 is 6.04 Å². The van der Waals surface area contributed by atoms with Crippen molar-refractivity contribution in [3.63, 3.8) is 0 Å². The molecule has 0 saturated carbocycles. The number of ether oxygens (including phenoxy) is 1. The molecule has 1 amide bonds. The number of unbranched alkanes of at least 4 members (excludes halogenated alkanes) is 1. The molecule has 1 aliphatic rings. The molecule has 1 heterocycles. The van der Waals surface area contributed by atoms with E-state index in [1.807, 2.05) is 37.3 Å². The molecular weight excluding hydrogens is 429 g/mol. The summed E-state index contributed by atoms with van der Waals surface area (Å²) in [5.74, 6) is -0.122. The molecule has 154 valence electrons. The Morgan fingerprint density at radius 3 is 2.48 bits per heavy atom. The summed E-state index contributed by atoms with van der Waals surface area (Å²) in [5, 5.41) is 0.593. The highest BCUT2D eigenvalue weighted by atomic mass is 35.5. The second-order valence-electron chi connectivity index (χ2n) is 6.89. The average Bonchev–Trinajstić information content (AvgIpc) is 3.11. The third-order valence-corrected chi connectivity index (χ3v) is 6.43. The molecule has 1 saturated heterocycles. The Labute approximate surface area is 185 Å². The van der Waals surface area contributed by atoms with Crippen LogP contribution in [0.5, 0.6) is 0 Å². The number of hydrogen-bond acceptors (Lipinski definition) is 4. The zero-order valence-electron chi connectivity index (χ0n) is 16.1. The first-order valence-corrected chi connectivity index (χ1v) is 11.4. The number of nitrogens with zero attached hydrogens (tertiary/aromatic N) is 1. The van der Waals surface area contributed by atoms with Crippen LogP contribution >= 0.6 is 35.0 Å². The van der Waals surface area contributed by atoms with Crippen molar-refractivity contribution in [3.8, 4) is 0 Å². The van der Waals surface area contributed by atoms with Gasteiger partial charge in [0.15, 0.2) is 0 Å². The number of halogens is 2. The monoisotopic (exact) mass is 451 g/mol. The first-order valence-electron chi connectivity index (χ1n) is 9.60. The molecule has 7 heteroatoms. The molecule has 0 aliphatic carbocycles. The fourth-order valence-electron chi connectivity index (χ4n) is 3.23. The zero-order valence-corrected chi connectivity index (χ0v) is 18.5. The van der Waals surface area contributed by atoms with Crippen molar-refractivity contribution in [1.29, 1.82) is 0 Å². The lowest BCUT2D eigenvalue weighted by Crippen LogP contribution is -2.47. The summed E-state index contributed by atoms with van der Waals surface area (Å²) in [7, 11) is 0. The third-order valence-electron chi connectivity index (χ3n) is 4.70. The standard InChI is InChI=1S/C22H23Cl2NO3S/c1-2-3-9-28-22(27)19-14-29-20(10-15-7-5-4-6-8-15)25(19)21(26)16-11-17(23)13-18(24)12-16/h4-8,11-13,19-20H,2-3,9-10,14H2,1H3. The van der Waals surface area contributed by atoms with Crippen LogP contribution in [0.3, 0.4) is 0 Å². The molecule has 2 aromatic rings. The zero-order chi connectivity index (χ0) is 20.8. The van der Waals surface area contributed by atoms with Crippen molar-refractivity contribution in [1.82, 2.24) is 4.90 Å². The van der Waals surface area contributed by atoms with E-state index in [1.165, 1.54) is 0 Å². The summed E-state index contributed by atoms with van der Waals surface area (Å²) in [6.07, 6.45) is 2.38. The number of hydrogen-bond donors (Lipinski definition) is 0. The number of thioether (sulfide) groups is 1. The minimum Gasteiger partial charge on any atom is -0.464 e. The molecule has 29 heavy (non-hydrogen) atoms. The fourth-order valence-corrected chi connectivity index (χ4v) is 5.17. The van der Waals surface area contributed by atoms with Crippen LogP contribution in [-0.4, -0.2) is 40.6 Å². The molecule has 4 nitrogen and oxygen atoms in total. The fraction of sp³-hybridized carbons (Fsp3) is 0.364. The van der Waals surface area contributed by atoms with E-state index >= 15 is 0 Å². The average molecular weight is 452 g/mol. The molecule has 2 aromatic carbocycles. The first kappa shape index (κ1) is 22.0. The van der Waals surface area contributed by atoms with E-state index in [-0.39, 0.29) is 17.3 Å². The number of benzene rings is 2. The SMILES string of the molecule is CCCCOC(=O)C1CSC(Cc2ccccc2)N1C(=O)c1cc(Cl)cc(Cl)c1. The Hall–Kier alpha value is -1.69. The largest absolute Gasteiger partial charge is 0.464 e. The molecular formula is C22H23Cl2NO3S. The van der Waals surface area contributed by atoms with Crippen LogP contribution in [0.2, 0.25) is 10.0 Å². The number of carbonyl (C=O) groups is 2. The molecule has 0 N–H and O–H groups in total. The van der Waals surface area contributed by atoms with Crippen molar-refractivity contribution in [2.75, 3.05) is 12.4 Å². The second-order valence-corrected chi connectivity index (χ2v) is 8.97. The molecule has 1 fully saturated rings. The lowest BCUT2D eigenvalue weighted by atomic mass is 10.1. The Bertz CT molecular complexity index is 842. The van der Waals surface area contributed by atoms with Crippen LogP contribution in [0, 0.1) is 0 Å². The van der Waals surface area contributed by atoms with Crippen molar-refractivity contribution in [2.45, 2.75) is 37.6 Å². The van der Waals surface area contributed by atoms with Gasteiger partial charge < -0.3 is 9.64 Å². The topological polar surface area (TPSA) is 46.6 Å². The molecule has 2 unspecified atom stereocenters. The maximum atomic E-state index is 13.4. The molecule has 0 aromatic heterocycles. The predicted molar refractivity (Wildman–Crippen MR) is 119 cm³/mol. The van der Waals surface area contributed by atoms with Crippen LogP contribution in [0.1, 0.15) is 35.7 Å². The Balaban J connectivity index is 1.86. The van der Waals surface area contributed by atoms with Crippen molar-refractivity contribution < 1.29 is 14.3 Å². The summed E-state index contributed by atoms with van der Waals surface area (Å²) in [6.45, 7) is 2.40. The normalized spacial score (nSPS) is 18.7. The Kier molecular flexibility index (Phi) is 7.87. The van der Waals surface area contributed by atoms with Crippen LogP contribution in [0.15, 0.2) is 48.5 Å². The van der Waals surface area contributed by atoms with Gasteiger partial charge in [-0.1, -0.05) is 66.9 Å². The highest BCUT2D eigenvalue weighted by molar-refractivity contribution is 8.00. The van der Waals surface area contributed by atoms with Gasteiger partial charge in [0.05, 0.1) is 12.0 Å². The van der Waals surface area contributed by atoms with Gasteiger partial charge in [0.1, 0.15) is 6.04 Å². The van der Waals surface area contributed by atoms with Gasteiger partial charge in [-0.25, -0.2) is 4.79 Å². The maximum Gasteiger partial charge on any atom is 0.329 e. The van der Waals surface area contributed by atoms with E-state index in [1.54, 1.807) is 34.9 Å².